The molecule has 0 bridgehead atoms. The lowest BCUT2D eigenvalue weighted by Crippen LogP contribution is -2.36. The number of hydrogen-bond acceptors (Lipinski definition) is 4. The summed E-state index contributed by atoms with van der Waals surface area (Å²) in [6.45, 7) is 0. The van der Waals surface area contributed by atoms with Gasteiger partial charge in [0, 0.05) is 4.92 Å². The van der Waals surface area contributed by atoms with Crippen molar-refractivity contribution in [3.63, 3.8) is 0 Å². The molecule has 1 fully saturated rings. The van der Waals surface area contributed by atoms with Crippen molar-refractivity contribution in [3.05, 3.63) is 39.9 Å². The maximum atomic E-state index is 10.7. The van der Waals surface area contributed by atoms with E-state index in [1.54, 1.807) is 18.9 Å². The zero-order valence-corrected chi connectivity index (χ0v) is 9.07. The van der Waals surface area contributed by atoms with Crippen LogP contribution in [0, 0.1) is 10.1 Å². The third-order valence-corrected chi connectivity index (χ3v) is 3.99. The van der Waals surface area contributed by atoms with Crippen LogP contribution < -0.4 is 4.74 Å². The molecule has 80 valence electrons. The average molecular weight is 225 g/mol. The molecule has 15 heavy (non-hydrogen) atoms. The van der Waals surface area contributed by atoms with Gasteiger partial charge >= 0.3 is 0 Å². The van der Waals surface area contributed by atoms with E-state index in [4.69, 9.17) is 4.74 Å². The van der Waals surface area contributed by atoms with Crippen LogP contribution in [0.3, 0.4) is 0 Å². The monoisotopic (exact) mass is 225 g/mol. The second kappa shape index (κ2) is 4.10. The third kappa shape index (κ3) is 1.92. The summed E-state index contributed by atoms with van der Waals surface area (Å²) in [6.07, 6.45) is 0. The molecule has 0 aromatic heterocycles. The van der Waals surface area contributed by atoms with Gasteiger partial charge in [-0.05, 0) is 17.7 Å². The molecule has 0 radical (unpaired) electrons. The van der Waals surface area contributed by atoms with Gasteiger partial charge in [-0.3, -0.25) is 10.1 Å². The zero-order valence-electron chi connectivity index (χ0n) is 8.25. The first-order chi connectivity index (χ1) is 7.22. The number of ether oxygens (including phenoxy) is 1. The summed E-state index contributed by atoms with van der Waals surface area (Å²) < 4.78 is 5.03. The van der Waals surface area contributed by atoms with E-state index in [-0.39, 0.29) is 10.2 Å². The van der Waals surface area contributed by atoms with Gasteiger partial charge in [-0.15, -0.1) is 11.8 Å². The molecular weight excluding hydrogens is 214 g/mol. The van der Waals surface area contributed by atoms with Gasteiger partial charge in [0.1, 0.15) is 5.75 Å². The van der Waals surface area contributed by atoms with Gasteiger partial charge in [-0.1, -0.05) is 12.1 Å². The van der Waals surface area contributed by atoms with Crippen LogP contribution in [0.4, 0.5) is 0 Å². The van der Waals surface area contributed by atoms with Gasteiger partial charge in [-0.2, -0.15) is 0 Å². The van der Waals surface area contributed by atoms with Crippen LogP contribution in [0.2, 0.25) is 0 Å². The second-order valence-corrected chi connectivity index (χ2v) is 4.55. The van der Waals surface area contributed by atoms with E-state index in [0.717, 1.165) is 11.3 Å². The van der Waals surface area contributed by atoms with Crippen molar-refractivity contribution >= 4 is 11.8 Å². The molecule has 0 unspecified atom stereocenters. The molecule has 1 aliphatic heterocycles. The van der Waals surface area contributed by atoms with Crippen LogP contribution >= 0.6 is 11.8 Å². The van der Waals surface area contributed by atoms with Crippen LogP contribution in [0.5, 0.6) is 5.75 Å². The molecule has 0 N–H and O–H groups in total. The number of nitro groups is 1. The molecule has 0 amide bonds. The Balaban J connectivity index is 2.13. The first-order valence-electron chi connectivity index (χ1n) is 4.61. The predicted octanol–water partition coefficient (Wildman–Crippen LogP) is 2.13. The molecule has 0 saturated carbocycles. The van der Waals surface area contributed by atoms with Gasteiger partial charge in [0.15, 0.2) is 0 Å². The number of benzene rings is 1. The summed E-state index contributed by atoms with van der Waals surface area (Å²) in [6, 6.07) is 7.04. The van der Waals surface area contributed by atoms with Crippen molar-refractivity contribution in [1.82, 2.24) is 0 Å². The molecule has 1 heterocycles. The smallest absolute Gasteiger partial charge is 0.237 e. The second-order valence-electron chi connectivity index (χ2n) is 3.38. The Hall–Kier alpha value is -1.23. The first-order valence-corrected chi connectivity index (χ1v) is 5.66. The van der Waals surface area contributed by atoms with Crippen molar-refractivity contribution in [2.75, 3.05) is 12.9 Å². The lowest BCUT2D eigenvalue weighted by Gasteiger charge is -2.29. The van der Waals surface area contributed by atoms with Crippen LogP contribution in [0.25, 0.3) is 0 Å². The predicted molar refractivity (Wildman–Crippen MR) is 59.0 cm³/mol. The van der Waals surface area contributed by atoms with Crippen molar-refractivity contribution in [3.8, 4) is 5.75 Å². The van der Waals surface area contributed by atoms with Gasteiger partial charge in [0.25, 0.3) is 0 Å². The Bertz CT molecular complexity index is 365. The van der Waals surface area contributed by atoms with Crippen molar-refractivity contribution in [2.45, 2.75) is 11.3 Å². The number of methoxy groups -OCH3 is 1. The standard InChI is InChI=1S/C10H11NO3S/c1-14-8-4-2-7(3-5-8)10-9(6-15-10)11(12)13/h2-5,9-10H,6H2,1H3/t9-,10+/m1/s1. The molecule has 2 atom stereocenters. The van der Waals surface area contributed by atoms with Crippen molar-refractivity contribution in [2.24, 2.45) is 0 Å². The van der Waals surface area contributed by atoms with E-state index in [1.165, 1.54) is 0 Å². The number of rotatable bonds is 3. The molecule has 4 nitrogen and oxygen atoms in total. The topological polar surface area (TPSA) is 52.4 Å². The van der Waals surface area contributed by atoms with Crippen LogP contribution in [-0.2, 0) is 0 Å². The fourth-order valence-electron chi connectivity index (χ4n) is 1.56. The van der Waals surface area contributed by atoms with Gasteiger partial charge in [0.05, 0.1) is 18.1 Å². The molecule has 1 aliphatic rings. The van der Waals surface area contributed by atoms with Crippen molar-refractivity contribution in [1.29, 1.82) is 0 Å². The van der Waals surface area contributed by atoms with Gasteiger partial charge in [0.2, 0.25) is 6.04 Å². The number of hydrogen-bond donors (Lipinski definition) is 0. The Labute approximate surface area is 91.8 Å². The fraction of sp³-hybridized carbons (Fsp3) is 0.400. The molecule has 5 heteroatoms. The minimum Gasteiger partial charge on any atom is -0.497 e. The Morgan fingerprint density at radius 1 is 1.47 bits per heavy atom. The highest BCUT2D eigenvalue weighted by atomic mass is 32.2. The summed E-state index contributed by atoms with van der Waals surface area (Å²) in [5, 5.41) is 10.7. The Kier molecular flexibility index (Phi) is 2.81. The maximum absolute atomic E-state index is 10.7. The Morgan fingerprint density at radius 2 is 2.13 bits per heavy atom. The molecular formula is C10H11NO3S. The SMILES string of the molecule is COc1ccc([C@@H]2SC[C@H]2[N+](=O)[O-])cc1. The zero-order chi connectivity index (χ0) is 10.8. The molecule has 0 spiro atoms. The fourth-order valence-corrected chi connectivity index (χ4v) is 2.69. The van der Waals surface area contributed by atoms with Gasteiger partial charge < -0.3 is 4.74 Å². The molecule has 0 aliphatic carbocycles. The van der Waals surface area contributed by atoms with Crippen LogP contribution in [0.1, 0.15) is 10.8 Å². The highest BCUT2D eigenvalue weighted by Gasteiger charge is 2.42. The lowest BCUT2D eigenvalue weighted by atomic mass is 10.1. The first kappa shape index (κ1) is 10.3. The van der Waals surface area contributed by atoms with Crippen molar-refractivity contribution < 1.29 is 9.66 Å². The van der Waals surface area contributed by atoms with E-state index >= 15 is 0 Å². The lowest BCUT2D eigenvalue weighted by molar-refractivity contribution is -0.520. The van der Waals surface area contributed by atoms with Crippen LogP contribution in [-0.4, -0.2) is 23.8 Å². The van der Waals surface area contributed by atoms with E-state index in [0.29, 0.717) is 5.75 Å². The summed E-state index contributed by atoms with van der Waals surface area (Å²) in [4.78, 5) is 10.5. The molecule has 1 saturated heterocycles. The quantitative estimate of drug-likeness (QED) is 0.584. The van der Waals surface area contributed by atoms with Crippen LogP contribution in [0.15, 0.2) is 24.3 Å². The molecule has 2 rings (SSSR count). The minimum atomic E-state index is -0.427. The van der Waals surface area contributed by atoms with E-state index in [1.807, 2.05) is 24.3 Å². The highest BCUT2D eigenvalue weighted by Crippen LogP contribution is 2.44. The average Bonchev–Trinajstić information content (AvgIpc) is 2.16. The summed E-state index contributed by atoms with van der Waals surface area (Å²) in [7, 11) is 1.60. The summed E-state index contributed by atoms with van der Waals surface area (Å²) in [5.41, 5.74) is 1.01. The molecule has 1 aromatic carbocycles. The molecule has 1 aromatic rings. The largest absolute Gasteiger partial charge is 0.497 e. The third-order valence-electron chi connectivity index (χ3n) is 2.51. The highest BCUT2D eigenvalue weighted by molar-refractivity contribution is 8.01. The minimum absolute atomic E-state index is 0.00547. The Morgan fingerprint density at radius 3 is 2.53 bits per heavy atom. The van der Waals surface area contributed by atoms with E-state index < -0.39 is 6.04 Å². The normalized spacial score (nSPS) is 24.3. The number of thioether (sulfide) groups is 1. The summed E-state index contributed by atoms with van der Waals surface area (Å²) in [5.74, 6) is 1.39. The van der Waals surface area contributed by atoms with E-state index in [9.17, 15) is 10.1 Å². The van der Waals surface area contributed by atoms with E-state index in [2.05, 4.69) is 0 Å². The summed E-state index contributed by atoms with van der Waals surface area (Å²) >= 11 is 1.63. The van der Waals surface area contributed by atoms with Gasteiger partial charge in [-0.25, -0.2) is 0 Å². The number of nitrogens with zero attached hydrogens (tertiary/aromatic N) is 1. The maximum Gasteiger partial charge on any atom is 0.237 e.